The van der Waals surface area contributed by atoms with Gasteiger partial charge >= 0.3 is 12.1 Å². The summed E-state index contributed by atoms with van der Waals surface area (Å²) >= 11 is 0. The molecule has 0 heterocycles. The number of fused-ring (bicyclic) bond motifs is 3. The van der Waals surface area contributed by atoms with Crippen LogP contribution >= 0.6 is 0 Å². The number of rotatable bonds is 8. The van der Waals surface area contributed by atoms with Crippen molar-refractivity contribution in [2.24, 2.45) is 11.8 Å². The smallest absolute Gasteiger partial charge is 0.407 e. The third kappa shape index (κ3) is 5.35. The van der Waals surface area contributed by atoms with Crippen molar-refractivity contribution in [1.82, 2.24) is 10.6 Å². The van der Waals surface area contributed by atoms with Crippen LogP contribution in [0.25, 0.3) is 11.1 Å². The van der Waals surface area contributed by atoms with Gasteiger partial charge in [-0.2, -0.15) is 0 Å². The molecule has 4 rings (SSSR count). The molecule has 3 atom stereocenters. The minimum Gasteiger partial charge on any atom is -0.481 e. The first-order valence-corrected chi connectivity index (χ1v) is 11.5. The van der Waals surface area contributed by atoms with E-state index in [1.165, 1.54) is 22.3 Å². The molecule has 1 unspecified atom stereocenters. The summed E-state index contributed by atoms with van der Waals surface area (Å²) in [5.74, 6) is -1.24. The summed E-state index contributed by atoms with van der Waals surface area (Å²) in [6.45, 7) is 2.40. The van der Waals surface area contributed by atoms with E-state index in [1.807, 2.05) is 24.3 Å². The Morgan fingerprint density at radius 2 is 1.67 bits per heavy atom. The number of hydrogen-bond donors (Lipinski definition) is 3. The van der Waals surface area contributed by atoms with Gasteiger partial charge in [-0.15, -0.1) is 0 Å². The van der Waals surface area contributed by atoms with Gasteiger partial charge in [-0.25, -0.2) is 4.79 Å². The van der Waals surface area contributed by atoms with Gasteiger partial charge < -0.3 is 20.5 Å². The highest BCUT2D eigenvalue weighted by molar-refractivity contribution is 5.80. The van der Waals surface area contributed by atoms with Crippen LogP contribution in [0.5, 0.6) is 0 Å². The van der Waals surface area contributed by atoms with Crippen molar-refractivity contribution < 1.29 is 24.2 Å². The third-order valence-corrected chi connectivity index (χ3v) is 6.62. The van der Waals surface area contributed by atoms with Crippen LogP contribution in [0.3, 0.4) is 0 Å². The van der Waals surface area contributed by atoms with Gasteiger partial charge in [0.05, 0.1) is 0 Å². The molecule has 2 aliphatic rings. The molecule has 0 aromatic heterocycles. The summed E-state index contributed by atoms with van der Waals surface area (Å²) in [4.78, 5) is 35.6. The van der Waals surface area contributed by atoms with Crippen LogP contribution in [-0.2, 0) is 14.3 Å². The SMILES string of the molecule is CC(CNC(=O)[C@H]1CC[C@@H](NC(=O)OCC2c3ccccc3-c3ccccc32)C1)CC(=O)O. The molecule has 2 aliphatic carbocycles. The van der Waals surface area contributed by atoms with Crippen molar-refractivity contribution in [1.29, 1.82) is 0 Å². The summed E-state index contributed by atoms with van der Waals surface area (Å²) in [7, 11) is 0. The average Bonchev–Trinajstić information content (AvgIpc) is 3.38. The second-order valence-corrected chi connectivity index (χ2v) is 9.12. The first-order chi connectivity index (χ1) is 15.9. The van der Waals surface area contributed by atoms with Gasteiger partial charge in [0.15, 0.2) is 0 Å². The maximum Gasteiger partial charge on any atom is 0.407 e. The number of nitrogens with one attached hydrogen (secondary N) is 2. The summed E-state index contributed by atoms with van der Waals surface area (Å²) in [6, 6.07) is 16.3. The summed E-state index contributed by atoms with van der Waals surface area (Å²) in [6.07, 6.45) is 1.53. The van der Waals surface area contributed by atoms with E-state index in [2.05, 4.69) is 34.9 Å². The van der Waals surface area contributed by atoms with Crippen molar-refractivity contribution in [3.05, 3.63) is 59.7 Å². The van der Waals surface area contributed by atoms with Gasteiger partial charge in [-0.05, 0) is 47.4 Å². The molecule has 0 saturated heterocycles. The topological polar surface area (TPSA) is 105 Å². The van der Waals surface area contributed by atoms with Crippen LogP contribution in [0.1, 0.15) is 49.7 Å². The minimum atomic E-state index is -0.870. The standard InChI is InChI=1S/C26H30N2O5/c1-16(12-24(29)30)14-27-25(31)17-10-11-18(13-17)28-26(32)33-15-23-21-8-4-2-6-19(21)20-7-3-5-9-22(20)23/h2-9,16-18,23H,10-15H2,1H3,(H,27,31)(H,28,32)(H,29,30)/t16?,17-,18+/m0/s1. The molecule has 33 heavy (non-hydrogen) atoms. The Morgan fingerprint density at radius 1 is 1.03 bits per heavy atom. The van der Waals surface area contributed by atoms with Gasteiger partial charge in [-0.1, -0.05) is 55.5 Å². The zero-order valence-corrected chi connectivity index (χ0v) is 18.8. The van der Waals surface area contributed by atoms with Crippen LogP contribution in [-0.4, -0.2) is 42.3 Å². The summed E-state index contributed by atoms with van der Waals surface area (Å²) in [5.41, 5.74) is 4.70. The maximum absolute atomic E-state index is 12.5. The Bertz CT molecular complexity index is 991. The molecular weight excluding hydrogens is 420 g/mol. The van der Waals surface area contributed by atoms with Gasteiger partial charge in [0.1, 0.15) is 6.61 Å². The summed E-state index contributed by atoms with van der Waals surface area (Å²) < 4.78 is 5.61. The van der Waals surface area contributed by atoms with Crippen LogP contribution in [0.4, 0.5) is 4.79 Å². The van der Waals surface area contributed by atoms with Crippen molar-refractivity contribution in [2.45, 2.75) is 44.6 Å². The zero-order valence-electron chi connectivity index (χ0n) is 18.8. The molecule has 0 radical (unpaired) electrons. The highest BCUT2D eigenvalue weighted by atomic mass is 16.5. The number of carbonyl (C=O) groups is 3. The van der Waals surface area contributed by atoms with E-state index >= 15 is 0 Å². The lowest BCUT2D eigenvalue weighted by atomic mass is 9.98. The molecule has 1 fully saturated rings. The maximum atomic E-state index is 12.5. The molecule has 7 heteroatoms. The van der Waals surface area contributed by atoms with E-state index in [1.54, 1.807) is 6.92 Å². The lowest BCUT2D eigenvalue weighted by Crippen LogP contribution is -2.36. The number of ether oxygens (including phenoxy) is 1. The fourth-order valence-electron chi connectivity index (χ4n) is 4.95. The van der Waals surface area contributed by atoms with E-state index in [9.17, 15) is 14.4 Å². The number of carboxylic acid groups (broad SMARTS) is 1. The first-order valence-electron chi connectivity index (χ1n) is 11.5. The first kappa shape index (κ1) is 22.8. The Kier molecular flexibility index (Phi) is 6.96. The van der Waals surface area contributed by atoms with Crippen molar-refractivity contribution in [3.63, 3.8) is 0 Å². The van der Waals surface area contributed by atoms with Gasteiger partial charge in [0.2, 0.25) is 5.91 Å². The number of benzene rings is 2. The third-order valence-electron chi connectivity index (χ3n) is 6.62. The molecule has 2 aromatic rings. The van der Waals surface area contributed by atoms with Crippen LogP contribution in [0, 0.1) is 11.8 Å². The molecule has 7 nitrogen and oxygen atoms in total. The number of amides is 2. The molecule has 0 bridgehead atoms. The van der Waals surface area contributed by atoms with Crippen molar-refractivity contribution >= 4 is 18.0 Å². The lowest BCUT2D eigenvalue weighted by Gasteiger charge is -2.17. The van der Waals surface area contributed by atoms with Crippen LogP contribution < -0.4 is 10.6 Å². The second kappa shape index (κ2) is 10.1. The Labute approximate surface area is 193 Å². The van der Waals surface area contributed by atoms with Crippen LogP contribution in [0.15, 0.2) is 48.5 Å². The molecule has 174 valence electrons. The average molecular weight is 451 g/mol. The molecule has 3 N–H and O–H groups in total. The molecule has 2 amide bonds. The minimum absolute atomic E-state index is 0.0121. The number of aliphatic carboxylic acids is 1. The molecule has 2 aromatic carbocycles. The Hall–Kier alpha value is -3.35. The van der Waals surface area contributed by atoms with Crippen molar-refractivity contribution in [3.8, 4) is 11.1 Å². The molecule has 0 spiro atoms. The highest BCUT2D eigenvalue weighted by Gasteiger charge is 2.32. The monoisotopic (exact) mass is 450 g/mol. The molecule has 0 aliphatic heterocycles. The van der Waals surface area contributed by atoms with Crippen LogP contribution in [0.2, 0.25) is 0 Å². The predicted molar refractivity (Wildman–Crippen MR) is 124 cm³/mol. The van der Waals surface area contributed by atoms with E-state index in [4.69, 9.17) is 9.84 Å². The van der Waals surface area contributed by atoms with E-state index in [-0.39, 0.29) is 42.7 Å². The summed E-state index contributed by atoms with van der Waals surface area (Å²) in [5, 5.41) is 14.6. The zero-order chi connectivity index (χ0) is 23.4. The predicted octanol–water partition coefficient (Wildman–Crippen LogP) is 3.92. The van der Waals surface area contributed by atoms with E-state index < -0.39 is 12.1 Å². The normalized spacial score (nSPS) is 19.9. The second-order valence-electron chi connectivity index (χ2n) is 9.12. The number of carbonyl (C=O) groups excluding carboxylic acids is 2. The largest absolute Gasteiger partial charge is 0.481 e. The number of hydrogen-bond acceptors (Lipinski definition) is 4. The highest BCUT2D eigenvalue weighted by Crippen LogP contribution is 2.44. The number of alkyl carbamates (subject to hydrolysis) is 1. The fourth-order valence-corrected chi connectivity index (χ4v) is 4.95. The van der Waals surface area contributed by atoms with Gasteiger partial charge in [0.25, 0.3) is 0 Å². The lowest BCUT2D eigenvalue weighted by molar-refractivity contribution is -0.138. The molecule has 1 saturated carbocycles. The van der Waals surface area contributed by atoms with E-state index in [0.717, 1.165) is 0 Å². The van der Waals surface area contributed by atoms with E-state index in [0.29, 0.717) is 25.8 Å². The molecular formula is C26H30N2O5. The quantitative estimate of drug-likeness (QED) is 0.565. The fraction of sp³-hybridized carbons (Fsp3) is 0.423. The Morgan fingerprint density at radius 3 is 2.30 bits per heavy atom. The Balaban J connectivity index is 1.25. The van der Waals surface area contributed by atoms with Crippen molar-refractivity contribution in [2.75, 3.05) is 13.2 Å². The van der Waals surface area contributed by atoms with Gasteiger partial charge in [-0.3, -0.25) is 9.59 Å². The van der Waals surface area contributed by atoms with Gasteiger partial charge in [0, 0.05) is 30.8 Å². The number of carboxylic acids is 1.